The van der Waals surface area contributed by atoms with E-state index in [1.165, 1.54) is 6.07 Å². The lowest BCUT2D eigenvalue weighted by Crippen LogP contribution is -2.23. The van der Waals surface area contributed by atoms with E-state index >= 15 is 0 Å². The number of benzene rings is 3. The fourth-order valence-corrected chi connectivity index (χ4v) is 5.52. The molecule has 0 N–H and O–H groups in total. The quantitative estimate of drug-likeness (QED) is 0.288. The van der Waals surface area contributed by atoms with Crippen LogP contribution in [0.4, 0.5) is 22.0 Å². The highest BCUT2D eigenvalue weighted by atomic mass is 31.1. The Morgan fingerprint density at radius 2 is 1.30 bits per heavy atom. The van der Waals surface area contributed by atoms with E-state index in [2.05, 4.69) is 4.98 Å². The number of pyridine rings is 1. The van der Waals surface area contributed by atoms with Crippen molar-refractivity contribution in [2.24, 2.45) is 0 Å². The summed E-state index contributed by atoms with van der Waals surface area (Å²) in [6, 6.07) is 22.8. The van der Waals surface area contributed by atoms with Crippen molar-refractivity contribution in [1.82, 2.24) is 4.98 Å². The van der Waals surface area contributed by atoms with Crippen LogP contribution in [-0.4, -0.2) is 4.98 Å². The van der Waals surface area contributed by atoms with Gasteiger partial charge in [-0.2, -0.15) is 13.2 Å². The first kappa shape index (κ1) is 20.4. The zero-order valence-corrected chi connectivity index (χ0v) is 16.3. The Kier molecular flexibility index (Phi) is 5.52. The number of hydrogen-bond acceptors (Lipinski definition) is 1. The number of hydrogen-bond donors (Lipinski definition) is 0. The van der Waals surface area contributed by atoms with E-state index in [1.54, 1.807) is 0 Å². The third kappa shape index (κ3) is 4.05. The Morgan fingerprint density at radius 1 is 0.733 bits per heavy atom. The van der Waals surface area contributed by atoms with Crippen LogP contribution in [0.5, 0.6) is 0 Å². The molecule has 0 radical (unpaired) electrons. The molecule has 0 saturated carbocycles. The third-order valence-electron chi connectivity index (χ3n) is 4.65. The highest BCUT2D eigenvalue weighted by Crippen LogP contribution is 2.37. The van der Waals surface area contributed by atoms with Gasteiger partial charge in [-0.05, 0) is 34.9 Å². The lowest BCUT2D eigenvalue weighted by atomic mass is 10.1. The lowest BCUT2D eigenvalue weighted by molar-refractivity contribution is -0.137. The van der Waals surface area contributed by atoms with Crippen molar-refractivity contribution in [1.29, 1.82) is 0 Å². The Bertz CT molecular complexity index is 1120. The second-order valence-electron chi connectivity index (χ2n) is 6.61. The maximum atomic E-state index is 13.9. The van der Waals surface area contributed by atoms with Gasteiger partial charge in [0.1, 0.15) is 0 Å². The van der Waals surface area contributed by atoms with E-state index < -0.39 is 31.7 Å². The molecule has 7 heteroatoms. The number of alkyl halides is 5. The molecule has 0 spiro atoms. The molecule has 3 aromatic carbocycles. The monoisotopic (exact) mass is 431 g/mol. The molecule has 0 fully saturated rings. The normalized spacial score (nSPS) is 12.1. The largest absolute Gasteiger partial charge is 0.416 e. The van der Waals surface area contributed by atoms with Crippen LogP contribution in [0.3, 0.4) is 0 Å². The van der Waals surface area contributed by atoms with Crippen LogP contribution in [0.1, 0.15) is 17.6 Å². The first-order valence-electron chi connectivity index (χ1n) is 9.05. The molecule has 0 amide bonds. The summed E-state index contributed by atoms with van der Waals surface area (Å²) in [6.45, 7) is 0. The van der Waals surface area contributed by atoms with Crippen LogP contribution >= 0.6 is 7.92 Å². The standard InChI is InChI=1S/C23H15F5NP/c24-22(25)19-14-21(29-20-12-11-15(13-18(19)20)23(26,27)28)30(16-7-3-1-4-8-16)17-9-5-2-6-10-17/h1-14,22H. The van der Waals surface area contributed by atoms with Gasteiger partial charge in [0, 0.05) is 18.9 Å². The van der Waals surface area contributed by atoms with Crippen molar-refractivity contribution < 1.29 is 22.0 Å². The van der Waals surface area contributed by atoms with Gasteiger partial charge in [-0.3, -0.25) is 0 Å². The first-order chi connectivity index (χ1) is 14.3. The summed E-state index contributed by atoms with van der Waals surface area (Å²) in [5, 5.41) is 1.65. The van der Waals surface area contributed by atoms with Gasteiger partial charge in [0.15, 0.2) is 0 Å². The van der Waals surface area contributed by atoms with Crippen molar-refractivity contribution in [2.45, 2.75) is 12.6 Å². The molecule has 30 heavy (non-hydrogen) atoms. The molecule has 0 saturated heterocycles. The minimum absolute atomic E-state index is 0.121. The van der Waals surface area contributed by atoms with Crippen LogP contribution in [0.15, 0.2) is 84.9 Å². The Morgan fingerprint density at radius 3 is 1.80 bits per heavy atom. The smallest absolute Gasteiger partial charge is 0.247 e. The van der Waals surface area contributed by atoms with Gasteiger partial charge < -0.3 is 0 Å². The summed E-state index contributed by atoms with van der Waals surface area (Å²) in [7, 11) is -1.26. The maximum Gasteiger partial charge on any atom is 0.416 e. The van der Waals surface area contributed by atoms with Gasteiger partial charge in [0.05, 0.1) is 16.5 Å². The van der Waals surface area contributed by atoms with Gasteiger partial charge >= 0.3 is 6.18 Å². The molecule has 1 nitrogen and oxygen atoms in total. The molecule has 1 heterocycles. The fraction of sp³-hybridized carbons (Fsp3) is 0.0870. The van der Waals surface area contributed by atoms with E-state index in [9.17, 15) is 22.0 Å². The molecule has 0 bridgehead atoms. The highest BCUT2D eigenvalue weighted by molar-refractivity contribution is 7.79. The number of nitrogens with zero attached hydrogens (tertiary/aromatic N) is 1. The van der Waals surface area contributed by atoms with E-state index in [1.807, 2.05) is 60.7 Å². The second kappa shape index (κ2) is 8.11. The zero-order chi connectivity index (χ0) is 21.3. The average Bonchev–Trinajstić information content (AvgIpc) is 2.74. The first-order valence-corrected chi connectivity index (χ1v) is 10.4. The zero-order valence-electron chi connectivity index (χ0n) is 15.4. The van der Waals surface area contributed by atoms with Crippen LogP contribution in [0.25, 0.3) is 10.9 Å². The van der Waals surface area contributed by atoms with Crippen molar-refractivity contribution in [3.8, 4) is 0 Å². The van der Waals surface area contributed by atoms with Gasteiger partial charge in [0.25, 0.3) is 6.43 Å². The minimum atomic E-state index is -4.62. The predicted octanol–water partition coefficient (Wildman–Crippen LogP) is 5.95. The summed E-state index contributed by atoms with van der Waals surface area (Å²) >= 11 is 0. The molecule has 152 valence electrons. The topological polar surface area (TPSA) is 12.9 Å². The van der Waals surface area contributed by atoms with E-state index in [4.69, 9.17) is 0 Å². The molecule has 0 aliphatic rings. The Hall–Kier alpha value is -2.85. The van der Waals surface area contributed by atoms with Crippen molar-refractivity contribution in [2.75, 3.05) is 0 Å². The summed E-state index contributed by atoms with van der Waals surface area (Å²) in [5.41, 5.74) is -0.875. The molecule has 1 aromatic heterocycles. The molecule has 0 aliphatic carbocycles. The summed E-state index contributed by atoms with van der Waals surface area (Å²) in [4.78, 5) is 4.52. The van der Waals surface area contributed by atoms with E-state index in [0.29, 0.717) is 5.44 Å². The second-order valence-corrected chi connectivity index (χ2v) is 8.77. The van der Waals surface area contributed by atoms with Gasteiger partial charge in [-0.25, -0.2) is 13.8 Å². The number of halogens is 5. The van der Waals surface area contributed by atoms with Crippen LogP contribution in [0, 0.1) is 0 Å². The Balaban J connectivity index is 1.96. The predicted molar refractivity (Wildman–Crippen MR) is 110 cm³/mol. The molecule has 4 rings (SSSR count). The average molecular weight is 431 g/mol. The highest BCUT2D eigenvalue weighted by Gasteiger charge is 2.31. The van der Waals surface area contributed by atoms with Crippen LogP contribution in [-0.2, 0) is 6.18 Å². The van der Waals surface area contributed by atoms with Crippen molar-refractivity contribution in [3.05, 3.63) is 96.1 Å². The van der Waals surface area contributed by atoms with Crippen molar-refractivity contribution >= 4 is 34.9 Å². The molecule has 0 aliphatic heterocycles. The van der Waals surface area contributed by atoms with Gasteiger partial charge in [0.2, 0.25) is 0 Å². The molecular formula is C23H15F5NP. The molecule has 0 atom stereocenters. The maximum absolute atomic E-state index is 13.9. The van der Waals surface area contributed by atoms with Crippen LogP contribution in [0.2, 0.25) is 0 Å². The summed E-state index contributed by atoms with van der Waals surface area (Å²) in [6.07, 6.45) is -7.55. The minimum Gasteiger partial charge on any atom is -0.247 e. The van der Waals surface area contributed by atoms with E-state index in [0.717, 1.165) is 28.8 Å². The number of fused-ring (bicyclic) bond motifs is 1. The number of rotatable bonds is 4. The summed E-state index contributed by atoms with van der Waals surface area (Å²) < 4.78 is 67.0. The Labute approximate surface area is 171 Å². The third-order valence-corrected chi connectivity index (χ3v) is 6.96. The van der Waals surface area contributed by atoms with Crippen LogP contribution < -0.4 is 16.0 Å². The molecular weight excluding hydrogens is 416 g/mol. The SMILES string of the molecule is FC(F)c1cc(P(c2ccccc2)c2ccccc2)nc2ccc(C(F)(F)F)cc12. The van der Waals surface area contributed by atoms with Gasteiger partial charge in [-0.15, -0.1) is 0 Å². The van der Waals surface area contributed by atoms with E-state index in [-0.39, 0.29) is 10.9 Å². The van der Waals surface area contributed by atoms with Crippen molar-refractivity contribution in [3.63, 3.8) is 0 Å². The fourth-order valence-electron chi connectivity index (χ4n) is 3.28. The summed E-state index contributed by atoms with van der Waals surface area (Å²) in [5.74, 6) is 0. The number of aromatic nitrogens is 1. The van der Waals surface area contributed by atoms with Gasteiger partial charge in [-0.1, -0.05) is 60.7 Å². The molecule has 0 unspecified atom stereocenters. The lowest BCUT2D eigenvalue weighted by Gasteiger charge is -2.20. The molecule has 4 aromatic rings.